The van der Waals surface area contributed by atoms with Gasteiger partial charge in [-0.2, -0.15) is 0 Å². The molecule has 0 radical (unpaired) electrons. The maximum absolute atomic E-state index is 6.08. The Kier molecular flexibility index (Phi) is 3.79. The Hall–Kier alpha value is -1.25. The number of nitrogens with zero attached hydrogens (tertiary/aromatic N) is 2. The molecular weight excluding hydrogens is 222 g/mol. The van der Waals surface area contributed by atoms with E-state index in [2.05, 4.69) is 23.7 Å². The molecule has 18 heavy (non-hydrogen) atoms. The fourth-order valence-corrected chi connectivity index (χ4v) is 3.00. The number of hydrogen-bond acceptors (Lipinski definition) is 3. The molecule has 0 unspecified atom stereocenters. The van der Waals surface area contributed by atoms with Crippen molar-refractivity contribution >= 4 is 11.5 Å². The van der Waals surface area contributed by atoms with Crippen molar-refractivity contribution in [3.05, 3.63) is 17.8 Å². The quantitative estimate of drug-likeness (QED) is 0.890. The maximum Gasteiger partial charge on any atom is 0.151 e. The molecule has 1 aliphatic rings. The molecule has 0 bridgehead atoms. The Bertz CT molecular complexity index is 400. The van der Waals surface area contributed by atoms with Gasteiger partial charge in [-0.15, -0.1) is 0 Å². The number of nitrogen functional groups attached to an aromatic ring is 1. The molecule has 1 aromatic heterocycles. The van der Waals surface area contributed by atoms with Crippen LogP contribution in [0, 0.1) is 12.3 Å². The van der Waals surface area contributed by atoms with Crippen LogP contribution in [0.1, 0.15) is 45.1 Å². The van der Waals surface area contributed by atoms with Crippen molar-refractivity contribution in [3.63, 3.8) is 0 Å². The van der Waals surface area contributed by atoms with Gasteiger partial charge in [-0.25, -0.2) is 4.98 Å². The van der Waals surface area contributed by atoms with Crippen molar-refractivity contribution < 1.29 is 0 Å². The minimum absolute atomic E-state index is 0.552. The first-order valence-electron chi connectivity index (χ1n) is 7.07. The second kappa shape index (κ2) is 5.17. The molecule has 2 rings (SSSR count). The Morgan fingerprint density at radius 3 is 2.39 bits per heavy atom. The maximum atomic E-state index is 6.08. The van der Waals surface area contributed by atoms with Gasteiger partial charge in [0.1, 0.15) is 0 Å². The standard InChI is InChI=1S/C15H25N3/c1-4-15(5-2)6-8-18(9-7-15)14-13(16)10-12(3)11-17-14/h10-11H,4-9,16H2,1-3H3. The molecule has 0 saturated carbocycles. The van der Waals surface area contributed by atoms with Crippen molar-refractivity contribution in [2.24, 2.45) is 5.41 Å². The van der Waals surface area contributed by atoms with Gasteiger partial charge >= 0.3 is 0 Å². The zero-order valence-corrected chi connectivity index (χ0v) is 11.9. The molecule has 1 aromatic rings. The van der Waals surface area contributed by atoms with Gasteiger partial charge in [-0.1, -0.05) is 26.7 Å². The Morgan fingerprint density at radius 1 is 1.28 bits per heavy atom. The molecule has 1 saturated heterocycles. The third-order valence-electron chi connectivity index (χ3n) is 4.66. The van der Waals surface area contributed by atoms with E-state index in [1.54, 1.807) is 0 Å². The summed E-state index contributed by atoms with van der Waals surface area (Å²) in [5.74, 6) is 0.974. The van der Waals surface area contributed by atoms with Crippen LogP contribution in [0.5, 0.6) is 0 Å². The third kappa shape index (κ3) is 2.45. The van der Waals surface area contributed by atoms with Gasteiger partial charge in [0.05, 0.1) is 5.69 Å². The highest BCUT2D eigenvalue weighted by Gasteiger charge is 2.31. The summed E-state index contributed by atoms with van der Waals surface area (Å²) in [6.07, 6.45) is 7.00. The zero-order chi connectivity index (χ0) is 13.2. The molecule has 3 heteroatoms. The summed E-state index contributed by atoms with van der Waals surface area (Å²) in [5.41, 5.74) is 8.58. The first-order valence-corrected chi connectivity index (χ1v) is 7.07. The van der Waals surface area contributed by atoms with Gasteiger partial charge < -0.3 is 10.6 Å². The fraction of sp³-hybridized carbons (Fsp3) is 0.667. The predicted octanol–water partition coefficient (Wildman–Crippen LogP) is 3.38. The van der Waals surface area contributed by atoms with Gasteiger partial charge in [0.15, 0.2) is 5.82 Å². The molecule has 0 atom stereocenters. The summed E-state index contributed by atoms with van der Waals surface area (Å²) in [6.45, 7) is 8.84. The highest BCUT2D eigenvalue weighted by molar-refractivity contribution is 5.63. The van der Waals surface area contributed by atoms with Gasteiger partial charge in [-0.05, 0) is 36.8 Å². The normalized spacial score (nSPS) is 18.9. The second-order valence-corrected chi connectivity index (χ2v) is 5.62. The van der Waals surface area contributed by atoms with E-state index in [1.165, 1.54) is 25.7 Å². The molecule has 3 nitrogen and oxygen atoms in total. The summed E-state index contributed by atoms with van der Waals surface area (Å²) in [5, 5.41) is 0. The van der Waals surface area contributed by atoms with Gasteiger partial charge in [0.2, 0.25) is 0 Å². The van der Waals surface area contributed by atoms with Crippen molar-refractivity contribution in [1.82, 2.24) is 4.98 Å². The van der Waals surface area contributed by atoms with Gasteiger partial charge in [0, 0.05) is 19.3 Å². The molecule has 1 fully saturated rings. The Labute approximate surface area is 110 Å². The topological polar surface area (TPSA) is 42.2 Å². The van der Waals surface area contributed by atoms with Gasteiger partial charge in [-0.3, -0.25) is 0 Å². The highest BCUT2D eigenvalue weighted by Crippen LogP contribution is 2.39. The molecule has 0 aliphatic carbocycles. The van der Waals surface area contributed by atoms with Crippen LogP contribution >= 0.6 is 0 Å². The zero-order valence-electron chi connectivity index (χ0n) is 11.9. The van der Waals surface area contributed by atoms with E-state index >= 15 is 0 Å². The second-order valence-electron chi connectivity index (χ2n) is 5.62. The van der Waals surface area contributed by atoms with E-state index in [0.29, 0.717) is 5.41 Å². The summed E-state index contributed by atoms with van der Waals surface area (Å²) in [7, 11) is 0. The van der Waals surface area contributed by atoms with E-state index in [-0.39, 0.29) is 0 Å². The fourth-order valence-electron chi connectivity index (χ4n) is 3.00. The lowest BCUT2D eigenvalue weighted by molar-refractivity contribution is 0.199. The van der Waals surface area contributed by atoms with Crippen LogP contribution in [0.3, 0.4) is 0 Å². The van der Waals surface area contributed by atoms with Crippen molar-refractivity contribution in [2.75, 3.05) is 23.7 Å². The predicted molar refractivity (Wildman–Crippen MR) is 77.8 cm³/mol. The van der Waals surface area contributed by atoms with E-state index < -0.39 is 0 Å². The van der Waals surface area contributed by atoms with E-state index in [9.17, 15) is 0 Å². The molecule has 1 aliphatic heterocycles. The molecular formula is C15H25N3. The number of rotatable bonds is 3. The smallest absolute Gasteiger partial charge is 0.151 e. The molecule has 100 valence electrons. The van der Waals surface area contributed by atoms with Crippen LogP contribution in [-0.4, -0.2) is 18.1 Å². The SMILES string of the molecule is CCC1(CC)CCN(c2ncc(C)cc2N)CC1. The van der Waals surface area contributed by atoms with Crippen LogP contribution in [-0.2, 0) is 0 Å². The van der Waals surface area contributed by atoms with E-state index in [0.717, 1.165) is 30.2 Å². The lowest BCUT2D eigenvalue weighted by Gasteiger charge is -2.41. The number of hydrogen-bond donors (Lipinski definition) is 1. The van der Waals surface area contributed by atoms with Gasteiger partial charge in [0.25, 0.3) is 0 Å². The third-order valence-corrected chi connectivity index (χ3v) is 4.66. The molecule has 2 N–H and O–H groups in total. The monoisotopic (exact) mass is 247 g/mol. The van der Waals surface area contributed by atoms with E-state index in [4.69, 9.17) is 5.73 Å². The summed E-state index contributed by atoms with van der Waals surface area (Å²) >= 11 is 0. The average molecular weight is 247 g/mol. The molecule has 0 aromatic carbocycles. The number of anilines is 2. The molecule has 0 spiro atoms. The Morgan fingerprint density at radius 2 is 1.89 bits per heavy atom. The summed E-state index contributed by atoms with van der Waals surface area (Å²) < 4.78 is 0. The number of pyridine rings is 1. The first kappa shape index (κ1) is 13.2. The highest BCUT2D eigenvalue weighted by atomic mass is 15.2. The summed E-state index contributed by atoms with van der Waals surface area (Å²) in [6, 6.07) is 2.02. The number of aromatic nitrogens is 1. The average Bonchev–Trinajstić information content (AvgIpc) is 2.39. The van der Waals surface area contributed by atoms with Crippen molar-refractivity contribution in [3.8, 4) is 0 Å². The van der Waals surface area contributed by atoms with Crippen molar-refractivity contribution in [2.45, 2.75) is 46.5 Å². The van der Waals surface area contributed by atoms with Crippen LogP contribution in [0.2, 0.25) is 0 Å². The number of nitrogens with two attached hydrogens (primary N) is 1. The summed E-state index contributed by atoms with van der Waals surface area (Å²) in [4.78, 5) is 6.85. The lowest BCUT2D eigenvalue weighted by atomic mass is 9.74. The largest absolute Gasteiger partial charge is 0.396 e. The minimum atomic E-state index is 0.552. The Balaban J connectivity index is 2.10. The molecule has 2 heterocycles. The van der Waals surface area contributed by atoms with Crippen LogP contribution in [0.25, 0.3) is 0 Å². The van der Waals surface area contributed by atoms with Crippen LogP contribution in [0.4, 0.5) is 11.5 Å². The molecule has 0 amide bonds. The first-order chi connectivity index (χ1) is 8.60. The van der Waals surface area contributed by atoms with E-state index in [1.807, 2.05) is 19.2 Å². The minimum Gasteiger partial charge on any atom is -0.396 e. The van der Waals surface area contributed by atoms with Crippen LogP contribution < -0.4 is 10.6 Å². The number of piperidine rings is 1. The number of aryl methyl sites for hydroxylation is 1. The lowest BCUT2D eigenvalue weighted by Crippen LogP contribution is -2.40. The van der Waals surface area contributed by atoms with Crippen LogP contribution in [0.15, 0.2) is 12.3 Å². The van der Waals surface area contributed by atoms with Crippen molar-refractivity contribution in [1.29, 1.82) is 0 Å².